The van der Waals surface area contributed by atoms with Crippen molar-refractivity contribution in [3.8, 4) is 0 Å². The first-order chi connectivity index (χ1) is 11.3. The molecular formula is C16H19F2N3O3. The molecule has 4 N–H and O–H groups in total. The lowest BCUT2D eigenvalue weighted by atomic mass is 10.1. The van der Waals surface area contributed by atoms with Gasteiger partial charge in [0.1, 0.15) is 23.0 Å². The summed E-state index contributed by atoms with van der Waals surface area (Å²) in [5, 5.41) is 0. The highest BCUT2D eigenvalue weighted by atomic mass is 19.1. The smallest absolute Gasteiger partial charge is 0.344 e. The average Bonchev–Trinajstić information content (AvgIpc) is 2.53. The van der Waals surface area contributed by atoms with Crippen LogP contribution in [0.15, 0.2) is 34.5 Å². The van der Waals surface area contributed by atoms with Gasteiger partial charge in [-0.05, 0) is 25.5 Å². The Morgan fingerprint density at radius 3 is 2.25 bits per heavy atom. The maximum atomic E-state index is 13.5. The second kappa shape index (κ2) is 8.76. The third-order valence-corrected chi connectivity index (χ3v) is 3.07. The standard InChI is InChI=1S/C16H19F2N3O3/c1-3-11(19)14(15(20)21-4-2)16(23)24-8-12(22)13-9(17)6-5-7-10(13)18/h5-7H,3-4,8,19H2,1-2H3,(H2,20,21)/b14-11+. The summed E-state index contributed by atoms with van der Waals surface area (Å²) >= 11 is 0. The number of benzene rings is 1. The van der Waals surface area contributed by atoms with Crippen molar-refractivity contribution in [2.75, 3.05) is 13.2 Å². The van der Waals surface area contributed by atoms with E-state index in [2.05, 4.69) is 4.99 Å². The SMILES string of the molecule is CCN=C(N)/C(C(=O)OCC(=O)c1c(F)cccc1F)=C(\N)CC. The minimum Gasteiger partial charge on any atom is -0.454 e. The van der Waals surface area contributed by atoms with Gasteiger partial charge in [0.25, 0.3) is 0 Å². The van der Waals surface area contributed by atoms with E-state index in [0.29, 0.717) is 13.0 Å². The maximum Gasteiger partial charge on any atom is 0.344 e. The fourth-order valence-corrected chi connectivity index (χ4v) is 1.87. The Kier molecular flexibility index (Phi) is 7.03. The summed E-state index contributed by atoms with van der Waals surface area (Å²) in [5.74, 6) is -4.18. The van der Waals surface area contributed by atoms with E-state index in [9.17, 15) is 18.4 Å². The molecule has 0 radical (unpaired) electrons. The average molecular weight is 339 g/mol. The molecular weight excluding hydrogens is 320 g/mol. The molecule has 1 aromatic carbocycles. The Morgan fingerprint density at radius 1 is 1.17 bits per heavy atom. The number of rotatable bonds is 7. The molecule has 0 unspecified atom stereocenters. The molecule has 0 aliphatic heterocycles. The Morgan fingerprint density at radius 2 is 1.75 bits per heavy atom. The number of amidine groups is 1. The fraction of sp³-hybridized carbons (Fsp3) is 0.312. The zero-order valence-corrected chi connectivity index (χ0v) is 13.4. The summed E-state index contributed by atoms with van der Waals surface area (Å²) in [7, 11) is 0. The van der Waals surface area contributed by atoms with E-state index in [1.165, 1.54) is 0 Å². The number of ether oxygens (including phenoxy) is 1. The largest absolute Gasteiger partial charge is 0.454 e. The van der Waals surface area contributed by atoms with Crippen LogP contribution < -0.4 is 11.5 Å². The van der Waals surface area contributed by atoms with E-state index < -0.39 is 35.6 Å². The predicted molar refractivity (Wildman–Crippen MR) is 85.3 cm³/mol. The number of ketones is 1. The van der Waals surface area contributed by atoms with Gasteiger partial charge in [-0.2, -0.15) is 0 Å². The minimum atomic E-state index is -1.04. The normalized spacial score (nSPS) is 12.6. The number of carbonyl (C=O) groups excluding carboxylic acids is 2. The number of esters is 1. The lowest BCUT2D eigenvalue weighted by molar-refractivity contribution is -0.137. The molecule has 0 atom stereocenters. The fourth-order valence-electron chi connectivity index (χ4n) is 1.87. The third-order valence-electron chi connectivity index (χ3n) is 3.07. The summed E-state index contributed by atoms with van der Waals surface area (Å²) in [6.07, 6.45) is 0.306. The molecule has 24 heavy (non-hydrogen) atoms. The van der Waals surface area contributed by atoms with Crippen LogP contribution in [0.2, 0.25) is 0 Å². The molecule has 0 aliphatic rings. The summed E-state index contributed by atoms with van der Waals surface area (Å²) in [6, 6.07) is 2.99. The maximum absolute atomic E-state index is 13.5. The van der Waals surface area contributed by atoms with Crippen molar-refractivity contribution < 1.29 is 23.1 Å². The van der Waals surface area contributed by atoms with Crippen LogP contribution in [0, 0.1) is 11.6 Å². The summed E-state index contributed by atoms with van der Waals surface area (Å²) in [4.78, 5) is 27.9. The highest BCUT2D eigenvalue weighted by Crippen LogP contribution is 2.14. The van der Waals surface area contributed by atoms with E-state index in [4.69, 9.17) is 16.2 Å². The van der Waals surface area contributed by atoms with Crippen molar-refractivity contribution in [2.24, 2.45) is 16.5 Å². The lowest BCUT2D eigenvalue weighted by Gasteiger charge is -2.11. The van der Waals surface area contributed by atoms with E-state index in [1.807, 2.05) is 0 Å². The number of hydrogen-bond acceptors (Lipinski definition) is 5. The van der Waals surface area contributed by atoms with Gasteiger partial charge >= 0.3 is 5.97 Å². The van der Waals surface area contributed by atoms with Crippen molar-refractivity contribution in [2.45, 2.75) is 20.3 Å². The topological polar surface area (TPSA) is 108 Å². The van der Waals surface area contributed by atoms with Crippen molar-refractivity contribution in [1.82, 2.24) is 0 Å². The molecule has 8 heteroatoms. The quantitative estimate of drug-likeness (QED) is 0.258. The Labute approximate surface area is 138 Å². The van der Waals surface area contributed by atoms with Crippen LogP contribution in [0.5, 0.6) is 0 Å². The first-order valence-electron chi connectivity index (χ1n) is 7.26. The number of hydrogen-bond donors (Lipinski definition) is 2. The van der Waals surface area contributed by atoms with Gasteiger partial charge in [0.05, 0.1) is 5.56 Å². The first-order valence-corrected chi connectivity index (χ1v) is 7.26. The van der Waals surface area contributed by atoms with Gasteiger partial charge < -0.3 is 16.2 Å². The van der Waals surface area contributed by atoms with Gasteiger partial charge in [-0.1, -0.05) is 13.0 Å². The Hall–Kier alpha value is -2.77. The van der Waals surface area contributed by atoms with Crippen molar-refractivity contribution >= 4 is 17.6 Å². The van der Waals surface area contributed by atoms with Crippen molar-refractivity contribution in [1.29, 1.82) is 0 Å². The summed E-state index contributed by atoms with van der Waals surface area (Å²) < 4.78 is 31.9. The molecule has 0 bridgehead atoms. The van der Waals surface area contributed by atoms with Crippen LogP contribution >= 0.6 is 0 Å². The Bertz CT molecular complexity index is 680. The zero-order valence-electron chi connectivity index (χ0n) is 13.4. The number of Topliss-reactive ketones (excluding diaryl/α,β-unsaturated/α-hetero) is 1. The molecule has 0 aromatic heterocycles. The highest BCUT2D eigenvalue weighted by molar-refractivity contribution is 6.19. The highest BCUT2D eigenvalue weighted by Gasteiger charge is 2.22. The molecule has 0 fully saturated rings. The van der Waals surface area contributed by atoms with E-state index >= 15 is 0 Å². The van der Waals surface area contributed by atoms with Crippen molar-refractivity contribution in [3.63, 3.8) is 0 Å². The summed E-state index contributed by atoms with van der Waals surface area (Å²) in [6.45, 7) is 2.87. The second-order valence-corrected chi connectivity index (χ2v) is 4.71. The molecule has 0 saturated carbocycles. The van der Waals surface area contributed by atoms with Crippen LogP contribution in [0.25, 0.3) is 0 Å². The van der Waals surface area contributed by atoms with Gasteiger partial charge in [0.2, 0.25) is 5.78 Å². The van der Waals surface area contributed by atoms with E-state index in [0.717, 1.165) is 18.2 Å². The van der Waals surface area contributed by atoms with E-state index in [-0.39, 0.29) is 17.1 Å². The zero-order chi connectivity index (χ0) is 18.3. The number of nitrogens with zero attached hydrogens (tertiary/aromatic N) is 1. The van der Waals surface area contributed by atoms with Gasteiger partial charge in [0, 0.05) is 12.2 Å². The number of aliphatic imine (C=N–C) groups is 1. The summed E-state index contributed by atoms with van der Waals surface area (Å²) in [5.41, 5.74) is 10.6. The second-order valence-electron chi connectivity index (χ2n) is 4.71. The number of halogens is 2. The van der Waals surface area contributed by atoms with Gasteiger partial charge in [-0.15, -0.1) is 0 Å². The number of allylic oxidation sites excluding steroid dienone is 1. The molecule has 0 amide bonds. The Balaban J connectivity index is 2.94. The van der Waals surface area contributed by atoms with Gasteiger partial charge in [0.15, 0.2) is 6.61 Å². The lowest BCUT2D eigenvalue weighted by Crippen LogP contribution is -2.28. The molecule has 1 rings (SSSR count). The van der Waals surface area contributed by atoms with Crippen LogP contribution in [-0.4, -0.2) is 30.7 Å². The monoisotopic (exact) mass is 339 g/mol. The van der Waals surface area contributed by atoms with Crippen molar-refractivity contribution in [3.05, 3.63) is 46.7 Å². The first kappa shape index (κ1) is 19.3. The number of carbonyl (C=O) groups is 2. The van der Waals surface area contributed by atoms with Gasteiger partial charge in [-0.3, -0.25) is 9.79 Å². The minimum absolute atomic E-state index is 0.119. The molecule has 0 saturated heterocycles. The number of nitrogens with two attached hydrogens (primary N) is 2. The molecule has 130 valence electrons. The van der Waals surface area contributed by atoms with Crippen LogP contribution in [0.4, 0.5) is 8.78 Å². The van der Waals surface area contributed by atoms with Gasteiger partial charge in [-0.25, -0.2) is 13.6 Å². The predicted octanol–water partition coefficient (Wildman–Crippen LogP) is 1.69. The molecule has 0 heterocycles. The van der Waals surface area contributed by atoms with Crippen LogP contribution in [-0.2, 0) is 9.53 Å². The molecule has 1 aromatic rings. The molecule has 0 spiro atoms. The molecule has 0 aliphatic carbocycles. The molecule has 6 nitrogen and oxygen atoms in total. The van der Waals surface area contributed by atoms with Crippen LogP contribution in [0.3, 0.4) is 0 Å². The van der Waals surface area contributed by atoms with Crippen LogP contribution in [0.1, 0.15) is 30.6 Å². The third kappa shape index (κ3) is 4.61. The van der Waals surface area contributed by atoms with E-state index in [1.54, 1.807) is 13.8 Å².